The molecule has 0 spiro atoms. The van der Waals surface area contributed by atoms with Gasteiger partial charge in [-0.3, -0.25) is 9.59 Å². The maximum Gasteiger partial charge on any atom is 0.219 e. The molecule has 0 aliphatic carbocycles. The van der Waals surface area contributed by atoms with Crippen LogP contribution in [0.25, 0.3) is 0 Å². The van der Waals surface area contributed by atoms with E-state index in [1.807, 2.05) is 6.26 Å². The van der Waals surface area contributed by atoms with Crippen molar-refractivity contribution in [3.05, 3.63) is 0 Å². The minimum atomic E-state index is -0.282. The van der Waals surface area contributed by atoms with Gasteiger partial charge in [-0.25, -0.2) is 0 Å². The van der Waals surface area contributed by atoms with Gasteiger partial charge in [-0.1, -0.05) is 21.6 Å². The fourth-order valence-corrected chi connectivity index (χ4v) is 2.37. The number of likely N-dealkylation sites (N-methyl/N-ethyl adjacent to an activating group) is 1. The third-order valence-electron chi connectivity index (χ3n) is 1.78. The Balaban J connectivity index is 4.24. The second-order valence-corrected chi connectivity index (χ2v) is 5.32. The number of ketones is 1. The summed E-state index contributed by atoms with van der Waals surface area (Å²) in [6.07, 6.45) is 1.95. The van der Waals surface area contributed by atoms with E-state index in [1.54, 1.807) is 28.6 Å². The molecule has 0 heterocycles. The lowest BCUT2D eigenvalue weighted by Crippen LogP contribution is -2.41. The Kier molecular flexibility index (Phi) is 6.24. The Labute approximate surface area is 87.0 Å². The third kappa shape index (κ3) is 4.57. The first-order valence-electron chi connectivity index (χ1n) is 3.90. The van der Waals surface area contributed by atoms with Crippen molar-refractivity contribution in [2.45, 2.75) is 19.9 Å². The highest BCUT2D eigenvalue weighted by Crippen LogP contribution is 2.19. The third-order valence-corrected chi connectivity index (χ3v) is 3.58. The Bertz CT molecular complexity index is 197. The average molecular weight is 221 g/mol. The molecule has 0 bridgehead atoms. The lowest BCUT2D eigenvalue weighted by atomic mass is 10.2. The lowest BCUT2D eigenvalue weighted by molar-refractivity contribution is -0.134. The second-order valence-electron chi connectivity index (χ2n) is 2.71. The second kappa shape index (κ2) is 6.32. The minimum absolute atomic E-state index is 0.0410. The van der Waals surface area contributed by atoms with Crippen molar-refractivity contribution < 1.29 is 9.59 Å². The van der Waals surface area contributed by atoms with Crippen molar-refractivity contribution in [1.82, 2.24) is 4.90 Å². The zero-order valence-corrected chi connectivity index (χ0v) is 10.00. The number of rotatable bonds is 5. The van der Waals surface area contributed by atoms with E-state index in [-0.39, 0.29) is 17.7 Å². The monoisotopic (exact) mass is 221 g/mol. The van der Waals surface area contributed by atoms with Gasteiger partial charge in [-0.2, -0.15) is 0 Å². The molecule has 1 atom stereocenters. The molecule has 5 heteroatoms. The summed E-state index contributed by atoms with van der Waals surface area (Å²) in [5, 5.41) is 0. The number of hydrogen-bond donors (Lipinski definition) is 0. The van der Waals surface area contributed by atoms with Crippen LogP contribution in [-0.4, -0.2) is 41.7 Å². The summed E-state index contributed by atoms with van der Waals surface area (Å²) in [5.41, 5.74) is 0. The van der Waals surface area contributed by atoms with Crippen LogP contribution in [0.3, 0.4) is 0 Å². The van der Waals surface area contributed by atoms with Crippen LogP contribution in [0.15, 0.2) is 0 Å². The summed E-state index contributed by atoms with van der Waals surface area (Å²) in [6, 6.07) is -0.282. The van der Waals surface area contributed by atoms with Crippen LogP contribution in [0.4, 0.5) is 0 Å². The zero-order valence-electron chi connectivity index (χ0n) is 8.36. The fourth-order valence-electron chi connectivity index (χ4n) is 0.854. The highest BCUT2D eigenvalue weighted by Gasteiger charge is 2.21. The van der Waals surface area contributed by atoms with E-state index in [0.717, 1.165) is 0 Å². The maximum atomic E-state index is 11.2. The average Bonchev–Trinajstić information content (AvgIpc) is 2.04. The number of nitrogens with zero attached hydrogens (tertiary/aromatic N) is 1. The van der Waals surface area contributed by atoms with Gasteiger partial charge < -0.3 is 4.90 Å². The predicted octanol–water partition coefficient (Wildman–Crippen LogP) is 1.43. The van der Waals surface area contributed by atoms with Gasteiger partial charge in [0.2, 0.25) is 5.91 Å². The van der Waals surface area contributed by atoms with Gasteiger partial charge in [0.25, 0.3) is 0 Å². The van der Waals surface area contributed by atoms with Crippen LogP contribution in [0.1, 0.15) is 13.8 Å². The van der Waals surface area contributed by atoms with E-state index in [4.69, 9.17) is 0 Å². The molecule has 13 heavy (non-hydrogen) atoms. The summed E-state index contributed by atoms with van der Waals surface area (Å²) >= 11 is 0. The molecular formula is C8H15NO2S2. The molecule has 0 aromatic rings. The van der Waals surface area contributed by atoms with Gasteiger partial charge in [-0.15, -0.1) is 0 Å². The van der Waals surface area contributed by atoms with Crippen LogP contribution in [0, 0.1) is 0 Å². The fraction of sp³-hybridized carbons (Fsp3) is 0.750. The van der Waals surface area contributed by atoms with E-state index < -0.39 is 0 Å². The van der Waals surface area contributed by atoms with Crippen molar-refractivity contribution in [2.75, 3.05) is 19.1 Å². The standard InChI is InChI=1S/C8H15NO2S2/c1-6(10)8(5-13-12-4)9(3)7(2)11/h8H,5H2,1-4H3. The van der Waals surface area contributed by atoms with Gasteiger partial charge >= 0.3 is 0 Å². The topological polar surface area (TPSA) is 37.4 Å². The summed E-state index contributed by atoms with van der Waals surface area (Å²) in [7, 11) is 4.86. The predicted molar refractivity (Wildman–Crippen MR) is 58.9 cm³/mol. The van der Waals surface area contributed by atoms with E-state index in [9.17, 15) is 9.59 Å². The van der Waals surface area contributed by atoms with Crippen molar-refractivity contribution in [1.29, 1.82) is 0 Å². The highest BCUT2D eigenvalue weighted by atomic mass is 33.1. The van der Waals surface area contributed by atoms with Crippen molar-refractivity contribution in [3.8, 4) is 0 Å². The van der Waals surface area contributed by atoms with Gasteiger partial charge in [0.15, 0.2) is 5.78 Å². The van der Waals surface area contributed by atoms with E-state index in [1.165, 1.54) is 18.7 Å². The Morgan fingerprint density at radius 1 is 1.38 bits per heavy atom. The molecule has 0 saturated carbocycles. The maximum absolute atomic E-state index is 11.2. The van der Waals surface area contributed by atoms with Gasteiger partial charge in [0, 0.05) is 19.7 Å². The van der Waals surface area contributed by atoms with Crippen LogP contribution in [0.2, 0.25) is 0 Å². The molecule has 3 nitrogen and oxygen atoms in total. The number of carbonyl (C=O) groups excluding carboxylic acids is 2. The summed E-state index contributed by atoms with van der Waals surface area (Å²) in [6.45, 7) is 2.99. The van der Waals surface area contributed by atoms with Crippen LogP contribution < -0.4 is 0 Å². The molecule has 0 aliphatic heterocycles. The Morgan fingerprint density at radius 2 is 1.92 bits per heavy atom. The summed E-state index contributed by atoms with van der Waals surface area (Å²) < 4.78 is 0. The van der Waals surface area contributed by atoms with Gasteiger partial charge in [0.05, 0.1) is 6.04 Å². The van der Waals surface area contributed by atoms with Crippen molar-refractivity contribution in [3.63, 3.8) is 0 Å². The zero-order chi connectivity index (χ0) is 10.4. The quantitative estimate of drug-likeness (QED) is 0.658. The molecular weight excluding hydrogens is 206 g/mol. The molecule has 0 fully saturated rings. The number of carbonyl (C=O) groups is 2. The molecule has 0 saturated heterocycles. The van der Waals surface area contributed by atoms with Crippen LogP contribution >= 0.6 is 21.6 Å². The van der Waals surface area contributed by atoms with E-state index in [2.05, 4.69) is 0 Å². The first-order chi connectivity index (χ1) is 6.00. The molecule has 0 rings (SSSR count). The number of Topliss-reactive ketones (excluding diaryl/α,β-unsaturated/α-hetero) is 1. The first-order valence-corrected chi connectivity index (χ1v) is 6.62. The molecule has 0 N–H and O–H groups in total. The SMILES string of the molecule is CSSCC(C(C)=O)N(C)C(C)=O. The molecule has 1 unspecified atom stereocenters. The number of hydrogen-bond acceptors (Lipinski definition) is 4. The molecule has 1 amide bonds. The van der Waals surface area contributed by atoms with E-state index >= 15 is 0 Å². The van der Waals surface area contributed by atoms with Crippen molar-refractivity contribution in [2.24, 2.45) is 0 Å². The molecule has 0 aromatic heterocycles. The van der Waals surface area contributed by atoms with Crippen molar-refractivity contribution >= 4 is 33.3 Å². The molecule has 0 radical (unpaired) electrons. The molecule has 0 aliphatic rings. The van der Waals surface area contributed by atoms with E-state index in [0.29, 0.717) is 5.75 Å². The summed E-state index contributed by atoms with van der Waals surface area (Å²) in [5.74, 6) is 0.633. The smallest absolute Gasteiger partial charge is 0.219 e. The lowest BCUT2D eigenvalue weighted by Gasteiger charge is -2.24. The van der Waals surface area contributed by atoms with Gasteiger partial charge in [-0.05, 0) is 13.2 Å². The number of amides is 1. The molecule has 76 valence electrons. The Hall–Kier alpha value is -0.160. The highest BCUT2D eigenvalue weighted by molar-refractivity contribution is 8.76. The normalized spacial score (nSPS) is 12.3. The van der Waals surface area contributed by atoms with Crippen LogP contribution in [-0.2, 0) is 9.59 Å². The van der Waals surface area contributed by atoms with Crippen LogP contribution in [0.5, 0.6) is 0 Å². The minimum Gasteiger partial charge on any atom is -0.335 e. The first kappa shape index (κ1) is 12.8. The summed E-state index contributed by atoms with van der Waals surface area (Å²) in [4.78, 5) is 23.7. The molecule has 0 aromatic carbocycles. The van der Waals surface area contributed by atoms with Gasteiger partial charge in [0.1, 0.15) is 0 Å². The Morgan fingerprint density at radius 3 is 2.23 bits per heavy atom. The largest absolute Gasteiger partial charge is 0.335 e.